The standard InChI is InChI=1S/C18H37N3O3.HI/c1-3-5-11-22-12-6-9-20-18(19-4-2)21-10-7-13-23-15-17-8-14-24-16-17;/h17H,3-16H2,1-2H3,(H2,19,20,21);1H. The average Bonchev–Trinajstić information content (AvgIpc) is 3.10. The second-order valence-corrected chi connectivity index (χ2v) is 6.16. The lowest BCUT2D eigenvalue weighted by Gasteiger charge is -2.12. The van der Waals surface area contributed by atoms with Gasteiger partial charge in [-0.15, -0.1) is 24.0 Å². The molecule has 1 rings (SSSR count). The first-order valence-electron chi connectivity index (χ1n) is 9.62. The molecule has 2 N–H and O–H groups in total. The molecule has 1 atom stereocenters. The van der Waals surface area contributed by atoms with Crippen LogP contribution in [0.5, 0.6) is 0 Å². The van der Waals surface area contributed by atoms with Crippen molar-refractivity contribution in [2.24, 2.45) is 10.9 Å². The molecule has 25 heavy (non-hydrogen) atoms. The van der Waals surface area contributed by atoms with Crippen LogP contribution < -0.4 is 10.6 Å². The Kier molecular flexibility index (Phi) is 18.6. The van der Waals surface area contributed by atoms with E-state index in [0.29, 0.717) is 5.92 Å². The van der Waals surface area contributed by atoms with E-state index in [2.05, 4.69) is 29.5 Å². The van der Waals surface area contributed by atoms with Crippen LogP contribution in [0.25, 0.3) is 0 Å². The first-order chi connectivity index (χ1) is 11.9. The lowest BCUT2D eigenvalue weighted by molar-refractivity contribution is 0.0893. The van der Waals surface area contributed by atoms with Crippen LogP contribution in [0.4, 0.5) is 0 Å². The topological polar surface area (TPSA) is 64.1 Å². The highest BCUT2D eigenvalue weighted by Gasteiger charge is 2.15. The van der Waals surface area contributed by atoms with Crippen LogP contribution in [0.3, 0.4) is 0 Å². The van der Waals surface area contributed by atoms with Crippen LogP contribution in [0, 0.1) is 5.92 Å². The van der Waals surface area contributed by atoms with E-state index in [1.807, 2.05) is 0 Å². The molecule has 150 valence electrons. The minimum atomic E-state index is 0. The Hall–Kier alpha value is -0.120. The van der Waals surface area contributed by atoms with Gasteiger partial charge in [0.2, 0.25) is 0 Å². The molecule has 0 aromatic carbocycles. The van der Waals surface area contributed by atoms with Crippen molar-refractivity contribution in [1.82, 2.24) is 10.6 Å². The average molecular weight is 471 g/mol. The fourth-order valence-electron chi connectivity index (χ4n) is 2.39. The summed E-state index contributed by atoms with van der Waals surface area (Å²) in [5, 5.41) is 6.62. The van der Waals surface area contributed by atoms with Gasteiger partial charge in [-0.05, 0) is 32.6 Å². The molecule has 1 aliphatic rings. The molecular formula is C18H38IN3O3. The van der Waals surface area contributed by atoms with Crippen LogP contribution in [0.1, 0.15) is 46.0 Å². The Morgan fingerprint density at radius 1 is 1.08 bits per heavy atom. The first-order valence-corrected chi connectivity index (χ1v) is 9.62. The number of hydrogen-bond donors (Lipinski definition) is 2. The molecule has 0 aliphatic carbocycles. The van der Waals surface area contributed by atoms with Crippen molar-refractivity contribution in [1.29, 1.82) is 0 Å². The summed E-state index contributed by atoms with van der Waals surface area (Å²) in [4.78, 5) is 4.58. The number of guanidine groups is 1. The summed E-state index contributed by atoms with van der Waals surface area (Å²) in [7, 11) is 0. The van der Waals surface area contributed by atoms with Crippen LogP contribution >= 0.6 is 24.0 Å². The number of rotatable bonds is 14. The van der Waals surface area contributed by atoms with Crippen LogP contribution in [-0.2, 0) is 14.2 Å². The first kappa shape index (κ1) is 24.9. The summed E-state index contributed by atoms with van der Waals surface area (Å²) in [6.07, 6.45) is 5.42. The Morgan fingerprint density at radius 2 is 1.88 bits per heavy atom. The van der Waals surface area contributed by atoms with Gasteiger partial charge < -0.3 is 24.8 Å². The summed E-state index contributed by atoms with van der Waals surface area (Å²) in [5.41, 5.74) is 0. The highest BCUT2D eigenvalue weighted by Crippen LogP contribution is 2.12. The van der Waals surface area contributed by atoms with Gasteiger partial charge in [-0.25, -0.2) is 0 Å². The lowest BCUT2D eigenvalue weighted by Crippen LogP contribution is -2.38. The zero-order valence-electron chi connectivity index (χ0n) is 16.1. The van der Waals surface area contributed by atoms with Gasteiger partial charge >= 0.3 is 0 Å². The van der Waals surface area contributed by atoms with E-state index < -0.39 is 0 Å². The zero-order valence-corrected chi connectivity index (χ0v) is 18.4. The number of nitrogens with one attached hydrogen (secondary N) is 2. The number of halogens is 1. The van der Waals surface area contributed by atoms with Gasteiger partial charge in [0.05, 0.1) is 13.2 Å². The van der Waals surface area contributed by atoms with Gasteiger partial charge in [0.15, 0.2) is 5.96 Å². The Labute approximate surface area is 170 Å². The summed E-state index contributed by atoms with van der Waals surface area (Å²) in [6, 6.07) is 0. The SMILES string of the molecule is CCCCOCCCNC(=NCCCOCC1CCOC1)NCC.I. The van der Waals surface area contributed by atoms with Crippen LogP contribution in [-0.4, -0.2) is 65.2 Å². The molecule has 0 aromatic rings. The number of aliphatic imine (C=N–C) groups is 1. The molecule has 1 aliphatic heterocycles. The molecule has 1 heterocycles. The second-order valence-electron chi connectivity index (χ2n) is 6.16. The Balaban J connectivity index is 0.00000576. The van der Waals surface area contributed by atoms with E-state index in [1.54, 1.807) is 0 Å². The maximum absolute atomic E-state index is 5.70. The van der Waals surface area contributed by atoms with E-state index in [-0.39, 0.29) is 24.0 Å². The quantitative estimate of drug-likeness (QED) is 0.177. The second kappa shape index (κ2) is 18.7. The molecule has 6 nitrogen and oxygen atoms in total. The normalized spacial score (nSPS) is 17.4. The molecule has 0 aromatic heterocycles. The van der Waals surface area contributed by atoms with E-state index in [1.165, 1.54) is 6.42 Å². The molecule has 0 spiro atoms. The predicted octanol–water partition coefficient (Wildman–Crippen LogP) is 2.81. The van der Waals surface area contributed by atoms with Crippen LogP contribution in [0.2, 0.25) is 0 Å². The third-order valence-electron chi connectivity index (χ3n) is 3.84. The van der Waals surface area contributed by atoms with E-state index in [4.69, 9.17) is 14.2 Å². The summed E-state index contributed by atoms with van der Waals surface area (Å²) in [6.45, 7) is 11.8. The Bertz CT molecular complexity index is 314. The van der Waals surface area contributed by atoms with Gasteiger partial charge in [-0.1, -0.05) is 13.3 Å². The largest absolute Gasteiger partial charge is 0.381 e. The molecule has 7 heteroatoms. The summed E-state index contributed by atoms with van der Waals surface area (Å²) in [5.74, 6) is 1.47. The highest BCUT2D eigenvalue weighted by molar-refractivity contribution is 14.0. The third kappa shape index (κ3) is 14.7. The summed E-state index contributed by atoms with van der Waals surface area (Å²) >= 11 is 0. The third-order valence-corrected chi connectivity index (χ3v) is 3.84. The van der Waals surface area contributed by atoms with Crippen molar-refractivity contribution < 1.29 is 14.2 Å². The molecule has 1 unspecified atom stereocenters. The molecule has 0 amide bonds. The van der Waals surface area contributed by atoms with E-state index >= 15 is 0 Å². The minimum absolute atomic E-state index is 0. The fraction of sp³-hybridized carbons (Fsp3) is 0.944. The van der Waals surface area contributed by atoms with Crippen LogP contribution in [0.15, 0.2) is 4.99 Å². The van der Waals surface area contributed by atoms with Gasteiger partial charge in [0.1, 0.15) is 0 Å². The van der Waals surface area contributed by atoms with E-state index in [9.17, 15) is 0 Å². The number of hydrogen-bond acceptors (Lipinski definition) is 4. The zero-order chi connectivity index (χ0) is 17.3. The monoisotopic (exact) mass is 471 g/mol. The number of ether oxygens (including phenoxy) is 3. The predicted molar refractivity (Wildman–Crippen MR) is 114 cm³/mol. The smallest absolute Gasteiger partial charge is 0.191 e. The highest BCUT2D eigenvalue weighted by atomic mass is 127. The van der Waals surface area contributed by atoms with Gasteiger partial charge in [-0.2, -0.15) is 0 Å². The van der Waals surface area contributed by atoms with Crippen molar-refractivity contribution in [3.8, 4) is 0 Å². The van der Waals surface area contributed by atoms with Crippen molar-refractivity contribution in [3.63, 3.8) is 0 Å². The lowest BCUT2D eigenvalue weighted by atomic mass is 10.1. The maximum Gasteiger partial charge on any atom is 0.191 e. The van der Waals surface area contributed by atoms with E-state index in [0.717, 1.165) is 90.9 Å². The van der Waals surface area contributed by atoms with Crippen molar-refractivity contribution in [2.75, 3.05) is 59.3 Å². The molecule has 0 radical (unpaired) electrons. The number of nitrogens with zero attached hydrogens (tertiary/aromatic N) is 1. The fourth-order valence-corrected chi connectivity index (χ4v) is 2.39. The Morgan fingerprint density at radius 3 is 2.60 bits per heavy atom. The maximum atomic E-state index is 5.70. The van der Waals surface area contributed by atoms with Crippen molar-refractivity contribution in [3.05, 3.63) is 0 Å². The van der Waals surface area contributed by atoms with Crippen molar-refractivity contribution in [2.45, 2.75) is 46.0 Å². The molecular weight excluding hydrogens is 433 g/mol. The van der Waals surface area contributed by atoms with Gasteiger partial charge in [0, 0.05) is 52.0 Å². The molecule has 1 saturated heterocycles. The number of unbranched alkanes of at least 4 members (excludes halogenated alkanes) is 1. The molecule has 0 saturated carbocycles. The minimum Gasteiger partial charge on any atom is -0.381 e. The van der Waals surface area contributed by atoms with Crippen molar-refractivity contribution >= 4 is 29.9 Å². The van der Waals surface area contributed by atoms with Gasteiger partial charge in [0.25, 0.3) is 0 Å². The molecule has 0 bridgehead atoms. The summed E-state index contributed by atoms with van der Waals surface area (Å²) < 4.78 is 16.6. The molecule has 1 fully saturated rings. The van der Waals surface area contributed by atoms with Gasteiger partial charge in [-0.3, -0.25) is 4.99 Å².